The van der Waals surface area contributed by atoms with Gasteiger partial charge >= 0.3 is 0 Å². The van der Waals surface area contributed by atoms with Crippen LogP contribution in [-0.2, 0) is 4.74 Å². The average Bonchev–Trinajstić information content (AvgIpc) is 2.14. The van der Waals surface area contributed by atoms with Gasteiger partial charge in [0.2, 0.25) is 0 Å². The van der Waals surface area contributed by atoms with Crippen molar-refractivity contribution < 1.29 is 4.74 Å². The predicted octanol–water partition coefficient (Wildman–Crippen LogP) is 3.68. The molecule has 92 valence electrons. The first-order valence-corrected chi connectivity index (χ1v) is 5.94. The molecule has 0 radical (unpaired) electrons. The lowest BCUT2D eigenvalue weighted by Gasteiger charge is -2.36. The van der Waals surface area contributed by atoms with Crippen molar-refractivity contribution in [1.29, 1.82) is 0 Å². The van der Waals surface area contributed by atoms with E-state index in [2.05, 4.69) is 52.6 Å². The summed E-state index contributed by atoms with van der Waals surface area (Å²) in [4.78, 5) is 4.53. The number of rotatable bonds is 1. The van der Waals surface area contributed by atoms with Gasteiger partial charge in [0.1, 0.15) is 0 Å². The predicted molar refractivity (Wildman–Crippen MR) is 69.8 cm³/mol. The molecule has 0 saturated carbocycles. The van der Waals surface area contributed by atoms with Gasteiger partial charge in [-0.15, -0.1) is 0 Å². The zero-order valence-electron chi connectivity index (χ0n) is 11.7. The molecule has 0 aromatic rings. The zero-order valence-corrected chi connectivity index (χ0v) is 11.7. The van der Waals surface area contributed by atoms with E-state index < -0.39 is 0 Å². The number of dihydropyridines is 1. The van der Waals surface area contributed by atoms with Crippen molar-refractivity contribution >= 4 is 6.21 Å². The Morgan fingerprint density at radius 1 is 1.12 bits per heavy atom. The highest BCUT2D eigenvalue weighted by atomic mass is 16.5. The highest BCUT2D eigenvalue weighted by Gasteiger charge is 2.34. The highest BCUT2D eigenvalue weighted by Crippen LogP contribution is 2.37. The third-order valence-electron chi connectivity index (χ3n) is 3.13. The van der Waals surface area contributed by atoms with Gasteiger partial charge in [0, 0.05) is 19.2 Å². The van der Waals surface area contributed by atoms with Crippen LogP contribution in [0.4, 0.5) is 0 Å². The van der Waals surface area contributed by atoms with Crippen molar-refractivity contribution in [1.82, 2.24) is 0 Å². The molecule has 1 rings (SSSR count). The minimum Gasteiger partial charge on any atom is -0.359 e. The molecule has 0 N–H and O–H groups in total. The van der Waals surface area contributed by atoms with Gasteiger partial charge in [-0.3, -0.25) is 4.99 Å². The average molecular weight is 223 g/mol. The summed E-state index contributed by atoms with van der Waals surface area (Å²) >= 11 is 0. The van der Waals surface area contributed by atoms with E-state index >= 15 is 0 Å². The van der Waals surface area contributed by atoms with Crippen LogP contribution in [0, 0.1) is 16.7 Å². The second kappa shape index (κ2) is 4.33. The van der Waals surface area contributed by atoms with Crippen LogP contribution in [0.5, 0.6) is 0 Å². The van der Waals surface area contributed by atoms with Gasteiger partial charge in [-0.1, -0.05) is 47.6 Å². The van der Waals surface area contributed by atoms with E-state index in [1.807, 2.05) is 6.21 Å². The first-order chi connectivity index (χ1) is 7.16. The molecule has 2 heteroatoms. The van der Waals surface area contributed by atoms with Crippen molar-refractivity contribution in [3.63, 3.8) is 0 Å². The Hall–Kier alpha value is -0.630. The number of ether oxygens (including phenoxy) is 1. The maximum atomic E-state index is 5.45. The monoisotopic (exact) mass is 223 g/mol. The standard InChI is InChI=1S/C14H25NO/c1-13(2,3)10-8-11(14(4,5)6)12(16-7)15-9-10/h8-9,11-12H,1-7H3. The molecule has 0 aliphatic carbocycles. The van der Waals surface area contributed by atoms with Crippen LogP contribution in [0.25, 0.3) is 0 Å². The van der Waals surface area contributed by atoms with E-state index in [-0.39, 0.29) is 17.1 Å². The largest absolute Gasteiger partial charge is 0.359 e. The van der Waals surface area contributed by atoms with Crippen LogP contribution >= 0.6 is 0 Å². The van der Waals surface area contributed by atoms with Gasteiger partial charge < -0.3 is 4.74 Å². The molecule has 2 nitrogen and oxygen atoms in total. The van der Waals surface area contributed by atoms with E-state index in [0.29, 0.717) is 5.92 Å². The molecule has 0 amide bonds. The second-order valence-electron chi connectivity index (χ2n) is 6.67. The fourth-order valence-electron chi connectivity index (χ4n) is 1.89. The third-order valence-corrected chi connectivity index (χ3v) is 3.13. The molecule has 16 heavy (non-hydrogen) atoms. The molecule has 0 aromatic heterocycles. The summed E-state index contributed by atoms with van der Waals surface area (Å²) in [6.45, 7) is 13.4. The summed E-state index contributed by atoms with van der Waals surface area (Å²) in [6, 6.07) is 0. The van der Waals surface area contributed by atoms with Crippen LogP contribution < -0.4 is 0 Å². The van der Waals surface area contributed by atoms with Crippen LogP contribution in [0.1, 0.15) is 41.5 Å². The van der Waals surface area contributed by atoms with Crippen LogP contribution in [-0.4, -0.2) is 19.6 Å². The Morgan fingerprint density at radius 3 is 2.06 bits per heavy atom. The molecule has 2 atom stereocenters. The maximum absolute atomic E-state index is 5.45. The molecule has 1 aliphatic heterocycles. The Morgan fingerprint density at radius 2 is 1.69 bits per heavy atom. The molecule has 1 heterocycles. The number of aliphatic imine (C=N–C) groups is 1. The molecule has 0 spiro atoms. The van der Waals surface area contributed by atoms with Gasteiger partial charge in [-0.25, -0.2) is 0 Å². The lowest BCUT2D eigenvalue weighted by molar-refractivity contribution is 0.0324. The second-order valence-corrected chi connectivity index (χ2v) is 6.67. The summed E-state index contributed by atoms with van der Waals surface area (Å²) in [6.07, 6.45) is 4.27. The molecular formula is C14H25NO. The van der Waals surface area contributed by atoms with E-state index in [0.717, 1.165) is 0 Å². The zero-order chi connectivity index (χ0) is 12.6. The first kappa shape index (κ1) is 13.4. The normalized spacial score (nSPS) is 26.8. The molecule has 2 unspecified atom stereocenters. The summed E-state index contributed by atoms with van der Waals surface area (Å²) in [7, 11) is 1.73. The molecule has 0 saturated heterocycles. The molecule has 0 bridgehead atoms. The lowest BCUT2D eigenvalue weighted by Crippen LogP contribution is -2.34. The minimum atomic E-state index is -0.0360. The molecule has 1 aliphatic rings. The summed E-state index contributed by atoms with van der Waals surface area (Å²) in [5, 5.41) is 0. The quantitative estimate of drug-likeness (QED) is 0.664. The summed E-state index contributed by atoms with van der Waals surface area (Å²) in [5.41, 5.74) is 1.64. The number of hydrogen-bond acceptors (Lipinski definition) is 2. The van der Waals surface area contributed by atoms with Gasteiger partial charge in [0.05, 0.1) is 0 Å². The van der Waals surface area contributed by atoms with Crippen molar-refractivity contribution in [2.24, 2.45) is 21.7 Å². The lowest BCUT2D eigenvalue weighted by atomic mass is 9.74. The Kier molecular flexibility index (Phi) is 3.63. The maximum Gasteiger partial charge on any atom is 0.154 e. The highest BCUT2D eigenvalue weighted by molar-refractivity contribution is 5.81. The Bertz CT molecular complexity index is 302. The third kappa shape index (κ3) is 2.94. The van der Waals surface area contributed by atoms with Gasteiger partial charge in [0.25, 0.3) is 0 Å². The van der Waals surface area contributed by atoms with E-state index in [1.165, 1.54) is 5.57 Å². The molecule has 0 fully saturated rings. The number of allylic oxidation sites excluding steroid dienone is 1. The minimum absolute atomic E-state index is 0.0360. The topological polar surface area (TPSA) is 21.6 Å². The Balaban J connectivity index is 3.04. The van der Waals surface area contributed by atoms with Crippen LogP contribution in [0.2, 0.25) is 0 Å². The van der Waals surface area contributed by atoms with Gasteiger partial charge in [-0.05, 0) is 16.4 Å². The Labute approximate surface area is 99.8 Å². The van der Waals surface area contributed by atoms with Crippen LogP contribution in [0.15, 0.2) is 16.6 Å². The first-order valence-electron chi connectivity index (χ1n) is 5.94. The van der Waals surface area contributed by atoms with Gasteiger partial charge in [-0.2, -0.15) is 0 Å². The van der Waals surface area contributed by atoms with Crippen molar-refractivity contribution in [2.75, 3.05) is 7.11 Å². The van der Waals surface area contributed by atoms with Crippen molar-refractivity contribution in [3.05, 3.63) is 11.6 Å². The molecular weight excluding hydrogens is 198 g/mol. The number of nitrogens with zero attached hydrogens (tertiary/aromatic N) is 1. The number of methoxy groups -OCH3 is 1. The van der Waals surface area contributed by atoms with Gasteiger partial charge in [0.15, 0.2) is 6.23 Å². The smallest absolute Gasteiger partial charge is 0.154 e. The molecule has 0 aromatic carbocycles. The number of hydrogen-bond donors (Lipinski definition) is 0. The van der Waals surface area contributed by atoms with E-state index in [9.17, 15) is 0 Å². The van der Waals surface area contributed by atoms with E-state index in [1.54, 1.807) is 7.11 Å². The van der Waals surface area contributed by atoms with Crippen LogP contribution in [0.3, 0.4) is 0 Å². The van der Waals surface area contributed by atoms with Crippen molar-refractivity contribution in [2.45, 2.75) is 47.8 Å². The fourth-order valence-corrected chi connectivity index (χ4v) is 1.89. The SMILES string of the molecule is COC1N=CC(C(C)(C)C)=CC1C(C)(C)C. The fraction of sp³-hybridized carbons (Fsp3) is 0.786. The van der Waals surface area contributed by atoms with Crippen molar-refractivity contribution in [3.8, 4) is 0 Å². The summed E-state index contributed by atoms with van der Waals surface area (Å²) in [5.74, 6) is 0.344. The summed E-state index contributed by atoms with van der Waals surface area (Å²) < 4.78 is 5.45. The van der Waals surface area contributed by atoms with E-state index in [4.69, 9.17) is 4.74 Å².